The van der Waals surface area contributed by atoms with Gasteiger partial charge in [-0.25, -0.2) is 0 Å². The van der Waals surface area contributed by atoms with Crippen LogP contribution in [0.5, 0.6) is 0 Å². The molecule has 0 aliphatic heterocycles. The molecule has 88 valence electrons. The lowest BCUT2D eigenvalue weighted by Gasteiger charge is -2.19. The van der Waals surface area contributed by atoms with Gasteiger partial charge in [-0.1, -0.05) is 11.6 Å². The van der Waals surface area contributed by atoms with Crippen LogP contribution in [0.25, 0.3) is 0 Å². The first kappa shape index (κ1) is 10.3. The van der Waals surface area contributed by atoms with Crippen molar-refractivity contribution in [1.29, 1.82) is 0 Å². The van der Waals surface area contributed by atoms with Gasteiger partial charge >= 0.3 is 0 Å². The molecular formula is C12H19N3O. The van der Waals surface area contributed by atoms with Gasteiger partial charge < -0.3 is 9.84 Å². The molecule has 2 aliphatic rings. The standard InChI is InChI=1S/C12H19N3O/c1-13-7-11-14-12(16-15-11)6-10-5-8-2-3-9(10)4-8/h8-10,13H,2-7H2,1H3. The predicted octanol–water partition coefficient (Wildman–Crippen LogP) is 1.77. The van der Waals surface area contributed by atoms with Gasteiger partial charge in [0.2, 0.25) is 5.89 Å². The van der Waals surface area contributed by atoms with Gasteiger partial charge in [-0.05, 0) is 44.1 Å². The Morgan fingerprint density at radius 1 is 1.38 bits per heavy atom. The van der Waals surface area contributed by atoms with Crippen LogP contribution in [0, 0.1) is 17.8 Å². The van der Waals surface area contributed by atoms with Gasteiger partial charge in [-0.2, -0.15) is 4.98 Å². The highest BCUT2D eigenvalue weighted by Crippen LogP contribution is 2.49. The maximum atomic E-state index is 5.29. The summed E-state index contributed by atoms with van der Waals surface area (Å²) in [7, 11) is 1.89. The molecule has 0 radical (unpaired) electrons. The average Bonchev–Trinajstić information content (AvgIpc) is 2.95. The fourth-order valence-corrected chi connectivity index (χ4v) is 3.45. The molecule has 1 heterocycles. The Balaban J connectivity index is 1.61. The Labute approximate surface area is 95.8 Å². The third kappa shape index (κ3) is 1.86. The molecule has 1 aromatic rings. The van der Waals surface area contributed by atoms with Crippen LogP contribution in [0.2, 0.25) is 0 Å². The van der Waals surface area contributed by atoms with E-state index in [9.17, 15) is 0 Å². The molecule has 4 nitrogen and oxygen atoms in total. The first-order chi connectivity index (χ1) is 7.85. The molecule has 2 aliphatic carbocycles. The molecule has 2 fully saturated rings. The minimum Gasteiger partial charge on any atom is -0.339 e. The lowest BCUT2D eigenvalue weighted by atomic mass is 9.86. The second kappa shape index (κ2) is 4.17. The Hall–Kier alpha value is -0.900. The zero-order valence-electron chi connectivity index (χ0n) is 9.78. The molecule has 3 atom stereocenters. The Bertz CT molecular complexity index is 363. The monoisotopic (exact) mass is 221 g/mol. The summed E-state index contributed by atoms with van der Waals surface area (Å²) in [5.74, 6) is 4.35. The molecule has 1 N–H and O–H groups in total. The summed E-state index contributed by atoms with van der Waals surface area (Å²) in [5, 5.41) is 6.99. The number of hydrogen-bond donors (Lipinski definition) is 1. The topological polar surface area (TPSA) is 51.0 Å². The normalized spacial score (nSPS) is 32.4. The second-order valence-corrected chi connectivity index (χ2v) is 5.27. The summed E-state index contributed by atoms with van der Waals surface area (Å²) in [6.07, 6.45) is 6.71. The molecule has 0 aromatic carbocycles. The van der Waals surface area contributed by atoms with Crippen molar-refractivity contribution in [3.05, 3.63) is 11.7 Å². The van der Waals surface area contributed by atoms with Crippen LogP contribution in [0.4, 0.5) is 0 Å². The van der Waals surface area contributed by atoms with Crippen LogP contribution < -0.4 is 5.32 Å². The first-order valence-corrected chi connectivity index (χ1v) is 6.31. The molecule has 0 amide bonds. The molecule has 16 heavy (non-hydrogen) atoms. The summed E-state index contributed by atoms with van der Waals surface area (Å²) in [6.45, 7) is 0.695. The van der Waals surface area contributed by atoms with Crippen LogP contribution in [-0.2, 0) is 13.0 Å². The van der Waals surface area contributed by atoms with Crippen molar-refractivity contribution in [1.82, 2.24) is 15.5 Å². The van der Waals surface area contributed by atoms with Crippen LogP contribution in [0.1, 0.15) is 37.4 Å². The summed E-state index contributed by atoms with van der Waals surface area (Å²) in [4.78, 5) is 4.41. The highest BCUT2D eigenvalue weighted by Gasteiger charge is 2.39. The van der Waals surface area contributed by atoms with Crippen molar-refractivity contribution in [2.24, 2.45) is 17.8 Å². The van der Waals surface area contributed by atoms with Crippen LogP contribution >= 0.6 is 0 Å². The van der Waals surface area contributed by atoms with E-state index >= 15 is 0 Å². The molecular weight excluding hydrogens is 202 g/mol. The van der Waals surface area contributed by atoms with Gasteiger partial charge in [0.1, 0.15) is 0 Å². The van der Waals surface area contributed by atoms with Gasteiger partial charge in [0.05, 0.1) is 6.54 Å². The van der Waals surface area contributed by atoms with Gasteiger partial charge in [0, 0.05) is 6.42 Å². The highest BCUT2D eigenvalue weighted by atomic mass is 16.5. The molecule has 0 saturated heterocycles. The summed E-state index contributed by atoms with van der Waals surface area (Å²) >= 11 is 0. The lowest BCUT2D eigenvalue weighted by molar-refractivity contribution is 0.287. The van der Waals surface area contributed by atoms with Crippen LogP contribution in [-0.4, -0.2) is 17.2 Å². The van der Waals surface area contributed by atoms with E-state index in [-0.39, 0.29) is 0 Å². The maximum Gasteiger partial charge on any atom is 0.226 e. The number of nitrogens with zero attached hydrogens (tertiary/aromatic N) is 2. The Kier molecular flexibility index (Phi) is 2.67. The molecule has 4 heteroatoms. The summed E-state index contributed by atoms with van der Waals surface area (Å²) < 4.78 is 5.29. The lowest BCUT2D eigenvalue weighted by Crippen LogP contribution is -2.13. The molecule has 2 bridgehead atoms. The average molecular weight is 221 g/mol. The van der Waals surface area contributed by atoms with Crippen molar-refractivity contribution in [3.8, 4) is 0 Å². The van der Waals surface area contributed by atoms with E-state index in [1.54, 1.807) is 0 Å². The third-order valence-electron chi connectivity index (χ3n) is 4.17. The third-order valence-corrected chi connectivity index (χ3v) is 4.17. The fraction of sp³-hybridized carbons (Fsp3) is 0.833. The van der Waals surface area contributed by atoms with Crippen molar-refractivity contribution >= 4 is 0 Å². The van der Waals surface area contributed by atoms with E-state index in [4.69, 9.17) is 4.52 Å². The molecule has 3 rings (SSSR count). The van der Waals surface area contributed by atoms with E-state index in [1.165, 1.54) is 25.7 Å². The molecule has 2 saturated carbocycles. The number of fused-ring (bicyclic) bond motifs is 2. The number of aromatic nitrogens is 2. The van der Waals surface area contributed by atoms with Crippen molar-refractivity contribution in [2.75, 3.05) is 7.05 Å². The van der Waals surface area contributed by atoms with E-state index in [0.29, 0.717) is 6.54 Å². The summed E-state index contributed by atoms with van der Waals surface area (Å²) in [6, 6.07) is 0. The fourth-order valence-electron chi connectivity index (χ4n) is 3.45. The van der Waals surface area contributed by atoms with Gasteiger partial charge in [0.15, 0.2) is 5.82 Å². The Morgan fingerprint density at radius 3 is 3.00 bits per heavy atom. The second-order valence-electron chi connectivity index (χ2n) is 5.27. The Morgan fingerprint density at radius 2 is 2.31 bits per heavy atom. The SMILES string of the molecule is CNCc1noc(CC2CC3CCC2C3)n1. The maximum absolute atomic E-state index is 5.29. The van der Waals surface area contributed by atoms with Crippen molar-refractivity contribution in [2.45, 2.75) is 38.6 Å². The largest absolute Gasteiger partial charge is 0.339 e. The van der Waals surface area contributed by atoms with Crippen molar-refractivity contribution in [3.63, 3.8) is 0 Å². The zero-order valence-corrected chi connectivity index (χ0v) is 9.78. The van der Waals surface area contributed by atoms with Gasteiger partial charge in [-0.15, -0.1) is 0 Å². The zero-order chi connectivity index (χ0) is 11.0. The van der Waals surface area contributed by atoms with E-state index < -0.39 is 0 Å². The van der Waals surface area contributed by atoms with E-state index in [2.05, 4.69) is 15.5 Å². The quantitative estimate of drug-likeness (QED) is 0.841. The number of nitrogens with one attached hydrogen (secondary N) is 1. The first-order valence-electron chi connectivity index (χ1n) is 6.31. The molecule has 3 unspecified atom stereocenters. The minimum absolute atomic E-state index is 0.695. The van der Waals surface area contributed by atoms with Crippen LogP contribution in [0.15, 0.2) is 4.52 Å². The number of hydrogen-bond acceptors (Lipinski definition) is 4. The predicted molar refractivity (Wildman–Crippen MR) is 59.7 cm³/mol. The van der Waals surface area contributed by atoms with E-state index in [0.717, 1.165) is 35.9 Å². The van der Waals surface area contributed by atoms with Gasteiger partial charge in [0.25, 0.3) is 0 Å². The smallest absolute Gasteiger partial charge is 0.226 e. The minimum atomic E-state index is 0.695. The highest BCUT2D eigenvalue weighted by molar-refractivity contribution is 4.95. The van der Waals surface area contributed by atoms with Gasteiger partial charge in [-0.3, -0.25) is 0 Å². The number of rotatable bonds is 4. The van der Waals surface area contributed by atoms with Crippen LogP contribution in [0.3, 0.4) is 0 Å². The molecule has 0 spiro atoms. The molecule has 1 aromatic heterocycles. The summed E-state index contributed by atoms with van der Waals surface area (Å²) in [5.41, 5.74) is 0. The van der Waals surface area contributed by atoms with Crippen molar-refractivity contribution < 1.29 is 4.52 Å². The van der Waals surface area contributed by atoms with E-state index in [1.807, 2.05) is 7.05 Å².